The van der Waals surface area contributed by atoms with E-state index in [0.29, 0.717) is 56.3 Å². The number of halogens is 1. The van der Waals surface area contributed by atoms with Crippen molar-refractivity contribution in [2.24, 2.45) is 5.41 Å². The van der Waals surface area contributed by atoms with Gasteiger partial charge in [0.15, 0.2) is 6.23 Å². The lowest BCUT2D eigenvalue weighted by molar-refractivity contribution is -0.152. The van der Waals surface area contributed by atoms with Gasteiger partial charge in [0, 0.05) is 31.2 Å². The van der Waals surface area contributed by atoms with Gasteiger partial charge in [-0.15, -0.1) is 0 Å². The molecule has 32 heavy (non-hydrogen) atoms. The number of rotatable bonds is 7. The second-order valence-corrected chi connectivity index (χ2v) is 8.71. The van der Waals surface area contributed by atoms with Crippen molar-refractivity contribution >= 4 is 29.4 Å². The molecule has 1 atom stereocenters. The Morgan fingerprint density at radius 3 is 2.59 bits per heavy atom. The quantitative estimate of drug-likeness (QED) is 0.601. The Labute approximate surface area is 191 Å². The maximum absolute atomic E-state index is 13.0. The molecule has 9 heteroatoms. The molecule has 1 unspecified atom stereocenters. The first-order valence-electron chi connectivity index (χ1n) is 10.7. The van der Waals surface area contributed by atoms with Crippen LogP contribution in [0.25, 0.3) is 0 Å². The van der Waals surface area contributed by atoms with Gasteiger partial charge in [-0.1, -0.05) is 23.7 Å². The summed E-state index contributed by atoms with van der Waals surface area (Å²) in [5.74, 6) is -0.924. The second kappa shape index (κ2) is 8.96. The molecule has 0 aromatic heterocycles. The van der Waals surface area contributed by atoms with E-state index in [9.17, 15) is 19.5 Å². The minimum absolute atomic E-state index is 0.175. The zero-order valence-electron chi connectivity index (χ0n) is 17.8. The molecule has 2 aliphatic heterocycles. The number of esters is 1. The summed E-state index contributed by atoms with van der Waals surface area (Å²) in [5, 5.41) is 14.2. The lowest BCUT2D eigenvalue weighted by Gasteiger charge is -2.42. The molecule has 2 heterocycles. The number of benzene rings is 1. The van der Waals surface area contributed by atoms with Gasteiger partial charge in [0.25, 0.3) is 11.8 Å². The number of hydrogen-bond acceptors (Lipinski definition) is 6. The molecule has 2 amide bonds. The van der Waals surface area contributed by atoms with Crippen LogP contribution in [0.15, 0.2) is 47.7 Å². The number of aliphatic hydroxyl groups excluding tert-OH is 1. The highest BCUT2D eigenvalue weighted by molar-refractivity contribution is 6.30. The number of nitrogens with one attached hydrogen (secondary N) is 1. The average molecular weight is 460 g/mol. The van der Waals surface area contributed by atoms with Crippen LogP contribution in [0.2, 0.25) is 5.02 Å². The van der Waals surface area contributed by atoms with Gasteiger partial charge in [0.05, 0.1) is 17.6 Å². The van der Waals surface area contributed by atoms with E-state index in [1.165, 1.54) is 11.0 Å². The van der Waals surface area contributed by atoms with Gasteiger partial charge in [-0.3, -0.25) is 14.4 Å². The largest absolute Gasteiger partial charge is 0.466 e. The smallest absolute Gasteiger partial charge is 0.313 e. The average Bonchev–Trinajstić information content (AvgIpc) is 3.56. The third-order valence-corrected chi connectivity index (χ3v) is 6.36. The summed E-state index contributed by atoms with van der Waals surface area (Å²) in [4.78, 5) is 41.1. The maximum Gasteiger partial charge on any atom is 0.313 e. The van der Waals surface area contributed by atoms with Gasteiger partial charge < -0.3 is 25.0 Å². The third-order valence-electron chi connectivity index (χ3n) is 6.10. The lowest BCUT2D eigenvalue weighted by atomic mass is 10.0. The van der Waals surface area contributed by atoms with E-state index >= 15 is 0 Å². The molecule has 4 rings (SSSR count). The summed E-state index contributed by atoms with van der Waals surface area (Å²) in [6.45, 7) is 3.39. The molecular weight excluding hydrogens is 434 g/mol. The van der Waals surface area contributed by atoms with Crippen LogP contribution in [-0.2, 0) is 25.7 Å². The van der Waals surface area contributed by atoms with Crippen LogP contribution in [0, 0.1) is 5.41 Å². The summed E-state index contributed by atoms with van der Waals surface area (Å²) < 4.78 is 5.17. The number of allylic oxidation sites excluding steroid dienone is 2. The number of piperazine rings is 1. The standard InChI is InChI=1S/C23H26ClN3O5/c1-2-32-22(31)23(9-10-23)14-26-11-12-27-18(21(26)30)8-7-17(20(27)29)19(28)25-13-15-3-5-16(24)6-4-15/h3-8,20,29H,2,9-14H2,1H3,(H,25,28). The Morgan fingerprint density at radius 1 is 1.22 bits per heavy atom. The summed E-state index contributed by atoms with van der Waals surface area (Å²) in [6.07, 6.45) is 3.24. The number of ether oxygens (including phenoxy) is 1. The number of hydrogen-bond donors (Lipinski definition) is 2. The third kappa shape index (κ3) is 4.38. The Hall–Kier alpha value is -2.84. The van der Waals surface area contributed by atoms with Gasteiger partial charge in [-0.2, -0.15) is 0 Å². The van der Waals surface area contributed by atoms with Crippen LogP contribution in [-0.4, -0.2) is 65.2 Å². The SMILES string of the molecule is CCOC(=O)C1(CN2CCN3C(=CC=C(C(=O)NCc4ccc(Cl)cc4)C3O)C2=O)CC1. The molecule has 2 N–H and O–H groups in total. The van der Waals surface area contributed by atoms with Crippen molar-refractivity contribution in [3.8, 4) is 0 Å². The first kappa shape index (κ1) is 22.4. The summed E-state index contributed by atoms with van der Waals surface area (Å²) in [7, 11) is 0. The molecule has 1 aromatic carbocycles. The fourth-order valence-electron chi connectivity index (χ4n) is 4.04. The lowest BCUT2D eigenvalue weighted by Crippen LogP contribution is -2.55. The predicted octanol–water partition coefficient (Wildman–Crippen LogP) is 1.59. The molecule has 0 bridgehead atoms. The van der Waals surface area contributed by atoms with E-state index in [1.807, 2.05) is 12.1 Å². The van der Waals surface area contributed by atoms with Crippen LogP contribution in [0.5, 0.6) is 0 Å². The first-order valence-corrected chi connectivity index (χ1v) is 11.1. The normalized spacial score (nSPS) is 21.3. The summed E-state index contributed by atoms with van der Waals surface area (Å²) >= 11 is 5.88. The second-order valence-electron chi connectivity index (χ2n) is 8.28. The van der Waals surface area contributed by atoms with Crippen molar-refractivity contribution in [3.05, 3.63) is 58.3 Å². The zero-order chi connectivity index (χ0) is 22.9. The molecule has 2 fully saturated rings. The number of carbonyl (C=O) groups excluding carboxylic acids is 3. The molecule has 170 valence electrons. The van der Waals surface area contributed by atoms with Crippen molar-refractivity contribution in [3.63, 3.8) is 0 Å². The Morgan fingerprint density at radius 2 is 1.94 bits per heavy atom. The van der Waals surface area contributed by atoms with E-state index in [-0.39, 0.29) is 17.4 Å². The van der Waals surface area contributed by atoms with E-state index in [2.05, 4.69) is 5.32 Å². The number of nitrogens with zero attached hydrogens (tertiary/aromatic N) is 2. The van der Waals surface area contributed by atoms with Gasteiger partial charge >= 0.3 is 5.97 Å². The monoisotopic (exact) mass is 459 g/mol. The number of amides is 2. The van der Waals surface area contributed by atoms with Crippen molar-refractivity contribution < 1.29 is 24.2 Å². The van der Waals surface area contributed by atoms with Crippen LogP contribution >= 0.6 is 11.6 Å². The maximum atomic E-state index is 13.0. The van der Waals surface area contributed by atoms with Crippen molar-refractivity contribution in [1.82, 2.24) is 15.1 Å². The number of carbonyl (C=O) groups is 3. The molecule has 1 saturated heterocycles. The van der Waals surface area contributed by atoms with E-state index < -0.39 is 17.6 Å². The Kier molecular flexibility index (Phi) is 6.26. The van der Waals surface area contributed by atoms with Gasteiger partial charge in [-0.25, -0.2) is 0 Å². The molecule has 1 aliphatic carbocycles. The molecule has 1 saturated carbocycles. The van der Waals surface area contributed by atoms with Gasteiger partial charge in [0.1, 0.15) is 5.70 Å². The summed E-state index contributed by atoms with van der Waals surface area (Å²) in [6, 6.07) is 7.11. The zero-order valence-corrected chi connectivity index (χ0v) is 18.6. The minimum atomic E-state index is -1.22. The summed E-state index contributed by atoms with van der Waals surface area (Å²) in [5.41, 5.74) is 0.764. The van der Waals surface area contributed by atoms with Crippen LogP contribution in [0.4, 0.5) is 0 Å². The Bertz CT molecular complexity index is 984. The molecular formula is C23H26ClN3O5. The number of fused-ring (bicyclic) bond motifs is 1. The highest BCUT2D eigenvalue weighted by Crippen LogP contribution is 2.48. The van der Waals surface area contributed by atoms with Crippen LogP contribution in [0.1, 0.15) is 25.3 Å². The van der Waals surface area contributed by atoms with Crippen molar-refractivity contribution in [1.29, 1.82) is 0 Å². The van der Waals surface area contributed by atoms with E-state index in [1.54, 1.807) is 30.0 Å². The van der Waals surface area contributed by atoms with Crippen LogP contribution in [0.3, 0.4) is 0 Å². The predicted molar refractivity (Wildman–Crippen MR) is 117 cm³/mol. The van der Waals surface area contributed by atoms with E-state index in [0.717, 1.165) is 5.56 Å². The topological polar surface area (TPSA) is 99.2 Å². The van der Waals surface area contributed by atoms with Crippen molar-refractivity contribution in [2.45, 2.75) is 32.5 Å². The fourth-order valence-corrected chi connectivity index (χ4v) is 4.16. The molecule has 8 nitrogen and oxygen atoms in total. The molecule has 0 spiro atoms. The molecule has 3 aliphatic rings. The highest BCUT2D eigenvalue weighted by Gasteiger charge is 2.53. The first-order chi connectivity index (χ1) is 15.3. The van der Waals surface area contributed by atoms with Crippen molar-refractivity contribution in [2.75, 3.05) is 26.2 Å². The highest BCUT2D eigenvalue weighted by atomic mass is 35.5. The Balaban J connectivity index is 1.42. The number of aliphatic hydroxyl groups is 1. The van der Waals surface area contributed by atoms with E-state index in [4.69, 9.17) is 16.3 Å². The van der Waals surface area contributed by atoms with Gasteiger partial charge in [-0.05, 0) is 49.6 Å². The molecule has 1 aromatic rings. The molecule has 0 radical (unpaired) electrons. The minimum Gasteiger partial charge on any atom is -0.466 e. The van der Waals surface area contributed by atoms with Crippen LogP contribution < -0.4 is 5.32 Å². The fraction of sp³-hybridized carbons (Fsp3) is 0.435. The van der Waals surface area contributed by atoms with Gasteiger partial charge in [0.2, 0.25) is 0 Å².